The third-order valence-corrected chi connectivity index (χ3v) is 3.17. The van der Waals surface area contributed by atoms with Crippen LogP contribution in [-0.2, 0) is 4.79 Å². The maximum atomic E-state index is 12.0. The number of likely N-dealkylation sites (N-methyl/N-ethyl adjacent to an activating group) is 1. The predicted molar refractivity (Wildman–Crippen MR) is 76.9 cm³/mol. The summed E-state index contributed by atoms with van der Waals surface area (Å²) in [6.07, 6.45) is 2.06. The lowest BCUT2D eigenvalue weighted by Gasteiger charge is -2.26. The van der Waals surface area contributed by atoms with Gasteiger partial charge in [0.25, 0.3) is 0 Å². The number of carbonyl (C=O) groups is 1. The summed E-state index contributed by atoms with van der Waals surface area (Å²) in [7, 11) is 1.86. The Hall–Kier alpha value is -2.02. The standard InChI is InChI=1S/C15H21N3O/c1-4-5-9-17-15(19)12(2)18(3)14-8-6-7-13(10-14)11-16/h6-8,10,12H,4-5,9H2,1-3H3,(H,17,19). The van der Waals surface area contributed by atoms with E-state index in [0.717, 1.165) is 18.5 Å². The summed E-state index contributed by atoms with van der Waals surface area (Å²) < 4.78 is 0. The first-order valence-electron chi connectivity index (χ1n) is 6.60. The van der Waals surface area contributed by atoms with Gasteiger partial charge in [0, 0.05) is 19.3 Å². The molecule has 102 valence electrons. The predicted octanol–water partition coefficient (Wildman–Crippen LogP) is 2.30. The van der Waals surface area contributed by atoms with Crippen LogP contribution in [0.4, 0.5) is 5.69 Å². The van der Waals surface area contributed by atoms with Gasteiger partial charge in [-0.25, -0.2) is 0 Å². The minimum Gasteiger partial charge on any atom is -0.363 e. The van der Waals surface area contributed by atoms with E-state index in [1.54, 1.807) is 12.1 Å². The van der Waals surface area contributed by atoms with Gasteiger partial charge in [0.1, 0.15) is 6.04 Å². The van der Waals surface area contributed by atoms with Crippen LogP contribution in [0.3, 0.4) is 0 Å². The Labute approximate surface area is 115 Å². The van der Waals surface area contributed by atoms with Crippen LogP contribution in [0.1, 0.15) is 32.3 Å². The van der Waals surface area contributed by atoms with Crippen LogP contribution in [0.15, 0.2) is 24.3 Å². The molecule has 1 unspecified atom stereocenters. The lowest BCUT2D eigenvalue weighted by Crippen LogP contribution is -2.43. The zero-order valence-corrected chi connectivity index (χ0v) is 11.8. The van der Waals surface area contributed by atoms with Gasteiger partial charge < -0.3 is 10.2 Å². The Bertz CT molecular complexity index is 465. The summed E-state index contributed by atoms with van der Waals surface area (Å²) in [5.41, 5.74) is 1.47. The smallest absolute Gasteiger partial charge is 0.242 e. The summed E-state index contributed by atoms with van der Waals surface area (Å²) in [5, 5.41) is 11.8. The summed E-state index contributed by atoms with van der Waals surface area (Å²) >= 11 is 0. The highest BCUT2D eigenvalue weighted by Gasteiger charge is 2.17. The molecule has 1 aromatic rings. The highest BCUT2D eigenvalue weighted by Crippen LogP contribution is 2.16. The number of benzene rings is 1. The quantitative estimate of drug-likeness (QED) is 0.797. The fourth-order valence-electron chi connectivity index (χ4n) is 1.73. The van der Waals surface area contributed by atoms with Crippen molar-refractivity contribution in [3.8, 4) is 6.07 Å². The van der Waals surface area contributed by atoms with Crippen LogP contribution < -0.4 is 10.2 Å². The van der Waals surface area contributed by atoms with Crippen LogP contribution in [0, 0.1) is 11.3 Å². The number of hydrogen-bond acceptors (Lipinski definition) is 3. The molecule has 1 N–H and O–H groups in total. The first-order valence-corrected chi connectivity index (χ1v) is 6.60. The van der Waals surface area contributed by atoms with Gasteiger partial charge in [0.15, 0.2) is 0 Å². The lowest BCUT2D eigenvalue weighted by molar-refractivity contribution is -0.122. The molecule has 0 aromatic heterocycles. The number of unbranched alkanes of at least 4 members (excludes halogenated alkanes) is 1. The van der Waals surface area contributed by atoms with Crippen LogP contribution >= 0.6 is 0 Å². The average molecular weight is 259 g/mol. The Morgan fingerprint density at radius 3 is 2.89 bits per heavy atom. The van der Waals surface area contributed by atoms with Crippen molar-refractivity contribution >= 4 is 11.6 Å². The third-order valence-electron chi connectivity index (χ3n) is 3.17. The summed E-state index contributed by atoms with van der Waals surface area (Å²) in [6, 6.07) is 9.11. The maximum absolute atomic E-state index is 12.0. The number of nitrogens with zero attached hydrogens (tertiary/aromatic N) is 2. The molecule has 1 atom stereocenters. The zero-order valence-electron chi connectivity index (χ0n) is 11.8. The number of rotatable bonds is 6. The molecule has 0 spiro atoms. The SMILES string of the molecule is CCCCNC(=O)C(C)N(C)c1cccc(C#N)c1. The molecular formula is C15H21N3O. The fraction of sp³-hybridized carbons (Fsp3) is 0.467. The normalized spacial score (nSPS) is 11.5. The van der Waals surface area contributed by atoms with E-state index in [-0.39, 0.29) is 11.9 Å². The molecule has 1 amide bonds. The minimum absolute atomic E-state index is 0.0123. The third kappa shape index (κ3) is 4.29. The Balaban J connectivity index is 2.67. The molecule has 4 heteroatoms. The van der Waals surface area contributed by atoms with E-state index in [4.69, 9.17) is 5.26 Å². The molecule has 0 aliphatic heterocycles. The van der Waals surface area contributed by atoms with Gasteiger partial charge >= 0.3 is 0 Å². The highest BCUT2D eigenvalue weighted by molar-refractivity contribution is 5.84. The topological polar surface area (TPSA) is 56.1 Å². The molecule has 1 aromatic carbocycles. The van der Waals surface area contributed by atoms with Crippen molar-refractivity contribution in [1.29, 1.82) is 5.26 Å². The molecular weight excluding hydrogens is 238 g/mol. The first-order chi connectivity index (χ1) is 9.10. The zero-order chi connectivity index (χ0) is 14.3. The van der Waals surface area contributed by atoms with Crippen molar-refractivity contribution in [3.63, 3.8) is 0 Å². The molecule has 0 aliphatic rings. The molecule has 19 heavy (non-hydrogen) atoms. The second kappa shape index (κ2) is 7.42. The molecule has 0 bridgehead atoms. The molecule has 0 saturated carbocycles. The van der Waals surface area contributed by atoms with E-state index >= 15 is 0 Å². The van der Waals surface area contributed by atoms with Crippen molar-refractivity contribution in [1.82, 2.24) is 5.32 Å². The molecule has 4 nitrogen and oxygen atoms in total. The van der Waals surface area contributed by atoms with Crippen molar-refractivity contribution < 1.29 is 4.79 Å². The second-order valence-electron chi connectivity index (χ2n) is 4.59. The lowest BCUT2D eigenvalue weighted by atomic mass is 10.1. The van der Waals surface area contributed by atoms with E-state index in [1.165, 1.54) is 0 Å². The number of anilines is 1. The van der Waals surface area contributed by atoms with Gasteiger partial charge in [0.2, 0.25) is 5.91 Å². The van der Waals surface area contributed by atoms with E-state index in [1.807, 2.05) is 31.0 Å². The largest absolute Gasteiger partial charge is 0.363 e. The number of nitrogens with one attached hydrogen (secondary N) is 1. The van der Waals surface area contributed by atoms with E-state index < -0.39 is 0 Å². The molecule has 1 rings (SSSR count). The summed E-state index contributed by atoms with van der Waals surface area (Å²) in [5.74, 6) is 0.0123. The fourth-order valence-corrected chi connectivity index (χ4v) is 1.73. The van der Waals surface area contributed by atoms with Gasteiger partial charge in [-0.15, -0.1) is 0 Å². The molecule has 0 radical (unpaired) electrons. The van der Waals surface area contributed by atoms with Crippen molar-refractivity contribution in [2.24, 2.45) is 0 Å². The summed E-state index contributed by atoms with van der Waals surface area (Å²) in [6.45, 7) is 4.67. The second-order valence-corrected chi connectivity index (χ2v) is 4.59. The van der Waals surface area contributed by atoms with Gasteiger partial charge in [-0.3, -0.25) is 4.79 Å². The minimum atomic E-state index is -0.259. The highest BCUT2D eigenvalue weighted by atomic mass is 16.2. The molecule has 0 saturated heterocycles. The Morgan fingerprint density at radius 1 is 1.53 bits per heavy atom. The van der Waals surface area contributed by atoms with Crippen molar-refractivity contribution in [2.75, 3.05) is 18.5 Å². The van der Waals surface area contributed by atoms with Gasteiger partial charge in [-0.2, -0.15) is 5.26 Å². The maximum Gasteiger partial charge on any atom is 0.242 e. The van der Waals surface area contributed by atoms with E-state index in [0.29, 0.717) is 12.1 Å². The van der Waals surface area contributed by atoms with Crippen LogP contribution in [0.25, 0.3) is 0 Å². The summed E-state index contributed by atoms with van der Waals surface area (Å²) in [4.78, 5) is 13.8. The molecule has 0 fully saturated rings. The van der Waals surface area contributed by atoms with E-state index in [9.17, 15) is 4.79 Å². The van der Waals surface area contributed by atoms with Crippen molar-refractivity contribution in [2.45, 2.75) is 32.7 Å². The van der Waals surface area contributed by atoms with Gasteiger partial charge in [-0.1, -0.05) is 19.4 Å². The number of nitriles is 1. The monoisotopic (exact) mass is 259 g/mol. The number of amides is 1. The first kappa shape index (κ1) is 15.0. The van der Waals surface area contributed by atoms with Crippen LogP contribution in [0.2, 0.25) is 0 Å². The molecule has 0 heterocycles. The van der Waals surface area contributed by atoms with Gasteiger partial charge in [-0.05, 0) is 31.5 Å². The van der Waals surface area contributed by atoms with Crippen molar-refractivity contribution in [3.05, 3.63) is 29.8 Å². The Morgan fingerprint density at radius 2 is 2.26 bits per heavy atom. The molecule has 0 aliphatic carbocycles. The van der Waals surface area contributed by atoms with Crippen LogP contribution in [-0.4, -0.2) is 25.5 Å². The number of carbonyl (C=O) groups excluding carboxylic acids is 1. The van der Waals surface area contributed by atoms with Crippen LogP contribution in [0.5, 0.6) is 0 Å². The number of hydrogen-bond donors (Lipinski definition) is 1. The average Bonchev–Trinajstić information content (AvgIpc) is 2.45. The Kier molecular flexibility index (Phi) is 5.87. The van der Waals surface area contributed by atoms with E-state index in [2.05, 4.69) is 18.3 Å². The van der Waals surface area contributed by atoms with Gasteiger partial charge in [0.05, 0.1) is 11.6 Å².